The Balaban J connectivity index is 2.10. The maximum atomic E-state index is 12.4. The van der Waals surface area contributed by atoms with Crippen LogP contribution in [0.3, 0.4) is 0 Å². The fraction of sp³-hybridized carbons (Fsp3) is 0.316. The second-order valence-electron chi connectivity index (χ2n) is 5.42. The lowest BCUT2D eigenvalue weighted by Gasteiger charge is -2.11. The molecule has 2 N–H and O–H groups in total. The molecule has 0 atom stereocenters. The molecule has 0 radical (unpaired) electrons. The van der Waals surface area contributed by atoms with Crippen LogP contribution >= 0.6 is 0 Å². The van der Waals surface area contributed by atoms with Crippen molar-refractivity contribution in [2.75, 3.05) is 18.5 Å². The summed E-state index contributed by atoms with van der Waals surface area (Å²) in [5.41, 5.74) is 1.15. The molecule has 0 saturated carbocycles. The minimum atomic E-state index is -0.393. The molecule has 0 fully saturated rings. The maximum Gasteiger partial charge on any atom is 0.274 e. The molecule has 2 amide bonds. The van der Waals surface area contributed by atoms with Crippen molar-refractivity contribution in [3.05, 3.63) is 53.9 Å². The van der Waals surface area contributed by atoms with E-state index in [1.54, 1.807) is 18.2 Å². The molecular weight excluding hydrogens is 318 g/mol. The quantitative estimate of drug-likeness (QED) is 0.722. The highest BCUT2D eigenvalue weighted by Gasteiger charge is 2.13. The van der Waals surface area contributed by atoms with Gasteiger partial charge in [0.05, 0.1) is 12.3 Å². The van der Waals surface area contributed by atoms with E-state index in [4.69, 9.17) is 4.74 Å². The number of amides is 2. The van der Waals surface area contributed by atoms with E-state index in [9.17, 15) is 9.59 Å². The molecule has 1 aromatic carbocycles. The lowest BCUT2D eigenvalue weighted by atomic mass is 10.2. The lowest BCUT2D eigenvalue weighted by Crippen LogP contribution is -2.25. The van der Waals surface area contributed by atoms with Crippen LogP contribution in [0.2, 0.25) is 0 Å². The predicted octanol–water partition coefficient (Wildman–Crippen LogP) is 3.26. The summed E-state index contributed by atoms with van der Waals surface area (Å²) < 4.78 is 5.49. The van der Waals surface area contributed by atoms with Crippen molar-refractivity contribution in [3.63, 3.8) is 0 Å². The summed E-state index contributed by atoms with van der Waals surface area (Å²) >= 11 is 0. The highest BCUT2D eigenvalue weighted by molar-refractivity contribution is 6.05. The average Bonchev–Trinajstić information content (AvgIpc) is 2.64. The number of ether oxygens (including phenoxy) is 1. The van der Waals surface area contributed by atoms with E-state index in [1.807, 2.05) is 19.1 Å². The summed E-state index contributed by atoms with van der Waals surface area (Å²) in [6.45, 7) is 5.04. The summed E-state index contributed by atoms with van der Waals surface area (Å²) in [6.07, 6.45) is 3.37. The number of hydrogen-bond donors (Lipinski definition) is 2. The van der Waals surface area contributed by atoms with Gasteiger partial charge < -0.3 is 15.4 Å². The second-order valence-corrected chi connectivity index (χ2v) is 5.42. The largest absolute Gasteiger partial charge is 0.492 e. The molecule has 2 rings (SSSR count). The number of hydrogen-bond acceptors (Lipinski definition) is 4. The van der Waals surface area contributed by atoms with Crippen LogP contribution in [0.5, 0.6) is 5.75 Å². The van der Waals surface area contributed by atoms with E-state index in [1.165, 1.54) is 12.3 Å². The Kier molecular flexibility index (Phi) is 6.95. The topological polar surface area (TPSA) is 80.3 Å². The van der Waals surface area contributed by atoms with Crippen molar-refractivity contribution >= 4 is 17.5 Å². The van der Waals surface area contributed by atoms with Crippen molar-refractivity contribution in [2.24, 2.45) is 0 Å². The lowest BCUT2D eigenvalue weighted by molar-refractivity contribution is 0.0953. The molecule has 132 valence electrons. The molecule has 6 heteroatoms. The third kappa shape index (κ3) is 5.31. The van der Waals surface area contributed by atoms with E-state index in [2.05, 4.69) is 22.5 Å². The third-order valence-electron chi connectivity index (χ3n) is 3.51. The van der Waals surface area contributed by atoms with Gasteiger partial charge in [0, 0.05) is 18.3 Å². The zero-order valence-corrected chi connectivity index (χ0v) is 14.5. The van der Waals surface area contributed by atoms with E-state index >= 15 is 0 Å². The first kappa shape index (κ1) is 18.4. The Morgan fingerprint density at radius 2 is 1.92 bits per heavy atom. The Morgan fingerprint density at radius 1 is 1.12 bits per heavy atom. The summed E-state index contributed by atoms with van der Waals surface area (Å²) in [4.78, 5) is 28.6. The number of pyridine rings is 1. The van der Waals surface area contributed by atoms with E-state index < -0.39 is 5.91 Å². The first-order valence-corrected chi connectivity index (χ1v) is 8.43. The van der Waals surface area contributed by atoms with Gasteiger partial charge in [-0.15, -0.1) is 0 Å². The van der Waals surface area contributed by atoms with E-state index in [0.717, 1.165) is 12.8 Å². The summed E-state index contributed by atoms with van der Waals surface area (Å²) in [7, 11) is 0. The van der Waals surface area contributed by atoms with Gasteiger partial charge >= 0.3 is 0 Å². The zero-order valence-electron chi connectivity index (χ0n) is 14.5. The smallest absolute Gasteiger partial charge is 0.274 e. The van der Waals surface area contributed by atoms with Gasteiger partial charge in [-0.25, -0.2) is 0 Å². The van der Waals surface area contributed by atoms with Gasteiger partial charge in [0.1, 0.15) is 11.4 Å². The second kappa shape index (κ2) is 9.42. The molecule has 1 aromatic heterocycles. The third-order valence-corrected chi connectivity index (χ3v) is 3.51. The van der Waals surface area contributed by atoms with Gasteiger partial charge in [-0.05, 0) is 37.6 Å². The molecule has 0 unspecified atom stereocenters. The van der Waals surface area contributed by atoms with Gasteiger partial charge in [-0.3, -0.25) is 14.6 Å². The van der Waals surface area contributed by atoms with Crippen molar-refractivity contribution in [1.29, 1.82) is 0 Å². The first-order chi connectivity index (χ1) is 12.2. The molecule has 0 spiro atoms. The molecule has 0 aliphatic rings. The monoisotopic (exact) mass is 341 g/mol. The summed E-state index contributed by atoms with van der Waals surface area (Å²) in [5, 5.41) is 5.60. The number of unbranched alkanes of at least 4 members (excludes halogenated alkanes) is 1. The Bertz CT molecular complexity index is 731. The van der Waals surface area contributed by atoms with E-state index in [0.29, 0.717) is 30.2 Å². The van der Waals surface area contributed by atoms with Crippen molar-refractivity contribution in [2.45, 2.75) is 26.7 Å². The van der Waals surface area contributed by atoms with Gasteiger partial charge in [-0.1, -0.05) is 25.5 Å². The number of rotatable bonds is 8. The minimum Gasteiger partial charge on any atom is -0.492 e. The van der Waals surface area contributed by atoms with Crippen LogP contribution in [0.1, 0.15) is 47.5 Å². The fourth-order valence-corrected chi connectivity index (χ4v) is 2.21. The average molecular weight is 341 g/mol. The van der Waals surface area contributed by atoms with Crippen LogP contribution < -0.4 is 15.4 Å². The number of para-hydroxylation sites is 2. The van der Waals surface area contributed by atoms with Crippen molar-refractivity contribution < 1.29 is 14.3 Å². The van der Waals surface area contributed by atoms with Crippen LogP contribution in [-0.4, -0.2) is 29.9 Å². The Hall–Kier alpha value is -2.89. The van der Waals surface area contributed by atoms with Gasteiger partial charge in [-0.2, -0.15) is 0 Å². The number of anilines is 1. The van der Waals surface area contributed by atoms with Crippen molar-refractivity contribution in [3.8, 4) is 5.75 Å². The number of nitrogens with one attached hydrogen (secondary N) is 2. The van der Waals surface area contributed by atoms with Crippen LogP contribution in [-0.2, 0) is 0 Å². The standard InChI is InChI=1S/C19H23N3O3/c1-3-5-11-21-18(23)14-10-12-20-16(13-14)19(24)22-15-8-6-7-9-17(15)25-4-2/h6-10,12-13H,3-5,11H2,1-2H3,(H,21,23)(H,22,24). The number of benzene rings is 1. The molecule has 0 aliphatic heterocycles. The molecule has 25 heavy (non-hydrogen) atoms. The number of nitrogens with zero attached hydrogens (tertiary/aromatic N) is 1. The summed E-state index contributed by atoms with van der Waals surface area (Å²) in [6, 6.07) is 10.3. The normalized spacial score (nSPS) is 10.2. The summed E-state index contributed by atoms with van der Waals surface area (Å²) in [5.74, 6) is -0.0122. The van der Waals surface area contributed by atoms with Crippen LogP contribution in [0.4, 0.5) is 5.69 Å². The number of carbonyl (C=O) groups is 2. The van der Waals surface area contributed by atoms with Crippen molar-refractivity contribution in [1.82, 2.24) is 10.3 Å². The molecule has 0 bridgehead atoms. The zero-order chi connectivity index (χ0) is 18.1. The molecular formula is C19H23N3O3. The molecule has 0 saturated heterocycles. The highest BCUT2D eigenvalue weighted by Crippen LogP contribution is 2.24. The van der Waals surface area contributed by atoms with Gasteiger partial charge in [0.2, 0.25) is 0 Å². The maximum absolute atomic E-state index is 12.4. The van der Waals surface area contributed by atoms with Gasteiger partial charge in [0.25, 0.3) is 11.8 Å². The molecule has 0 aliphatic carbocycles. The predicted molar refractivity (Wildman–Crippen MR) is 97.0 cm³/mol. The van der Waals surface area contributed by atoms with Crippen LogP contribution in [0.15, 0.2) is 42.6 Å². The van der Waals surface area contributed by atoms with Crippen LogP contribution in [0, 0.1) is 0 Å². The SMILES string of the molecule is CCCCNC(=O)c1ccnc(C(=O)Nc2ccccc2OCC)c1. The van der Waals surface area contributed by atoms with Gasteiger partial charge in [0.15, 0.2) is 0 Å². The molecule has 1 heterocycles. The molecule has 2 aromatic rings. The highest BCUT2D eigenvalue weighted by atomic mass is 16.5. The van der Waals surface area contributed by atoms with Crippen LogP contribution in [0.25, 0.3) is 0 Å². The fourth-order valence-electron chi connectivity index (χ4n) is 2.21. The minimum absolute atomic E-state index is 0.175. The molecule has 6 nitrogen and oxygen atoms in total. The Labute approximate surface area is 147 Å². The number of carbonyl (C=O) groups excluding carboxylic acids is 2. The van der Waals surface area contributed by atoms with E-state index in [-0.39, 0.29) is 11.6 Å². The Morgan fingerprint density at radius 3 is 2.68 bits per heavy atom. The first-order valence-electron chi connectivity index (χ1n) is 8.43. The number of aromatic nitrogens is 1.